The fourth-order valence-corrected chi connectivity index (χ4v) is 3.24. The summed E-state index contributed by atoms with van der Waals surface area (Å²) < 4.78 is 22.5. The van der Waals surface area contributed by atoms with E-state index in [1.807, 2.05) is 31.3 Å². The first-order valence-corrected chi connectivity index (χ1v) is 9.12. The number of carbonyl (C=O) groups is 1. The molecule has 0 aromatic heterocycles. The van der Waals surface area contributed by atoms with Crippen molar-refractivity contribution in [1.29, 1.82) is 0 Å². The second-order valence-electron chi connectivity index (χ2n) is 5.86. The molecule has 0 saturated heterocycles. The predicted octanol–water partition coefficient (Wildman–Crippen LogP) is 1.54. The summed E-state index contributed by atoms with van der Waals surface area (Å²) in [7, 11) is -1.11. The minimum Gasteiger partial charge on any atom is -0.373 e. The zero-order valence-corrected chi connectivity index (χ0v) is 13.6. The molecule has 1 aliphatic rings. The van der Waals surface area contributed by atoms with Crippen LogP contribution in [0.1, 0.15) is 13.3 Å². The highest BCUT2D eigenvalue weighted by Crippen LogP contribution is 2.32. The van der Waals surface area contributed by atoms with Crippen LogP contribution in [0.25, 0.3) is 0 Å². The number of benzene rings is 1. The highest BCUT2D eigenvalue weighted by molar-refractivity contribution is 7.90. The molecule has 0 radical (unpaired) electrons. The van der Waals surface area contributed by atoms with Crippen molar-refractivity contribution in [1.82, 2.24) is 0 Å². The number of amides is 1. The molecule has 1 aliphatic heterocycles. The molecule has 1 amide bonds. The van der Waals surface area contributed by atoms with Gasteiger partial charge in [-0.3, -0.25) is 4.79 Å². The third kappa shape index (κ3) is 3.97. The standard InChI is InChI=1S/C15H22N2O3S/c1-12-10-16(2)13-6-4-5-7-14(13)17(11-12)15(18)8-9-21(3,19)20/h4-7,12H,8-11H2,1-3H3. The van der Waals surface area contributed by atoms with E-state index in [0.717, 1.165) is 24.2 Å². The van der Waals surface area contributed by atoms with Gasteiger partial charge >= 0.3 is 0 Å². The molecule has 0 bridgehead atoms. The van der Waals surface area contributed by atoms with E-state index >= 15 is 0 Å². The second kappa shape index (κ2) is 6.05. The number of sulfone groups is 1. The molecular weight excluding hydrogens is 288 g/mol. The largest absolute Gasteiger partial charge is 0.373 e. The van der Waals surface area contributed by atoms with Gasteiger partial charge in [0.05, 0.1) is 17.1 Å². The van der Waals surface area contributed by atoms with Crippen LogP contribution in [0.3, 0.4) is 0 Å². The Hall–Kier alpha value is -1.56. The van der Waals surface area contributed by atoms with Crippen LogP contribution < -0.4 is 9.80 Å². The molecule has 0 fully saturated rings. The summed E-state index contributed by atoms with van der Waals surface area (Å²) >= 11 is 0. The third-order valence-electron chi connectivity index (χ3n) is 3.65. The summed E-state index contributed by atoms with van der Waals surface area (Å²) in [5, 5.41) is 0. The molecule has 1 atom stereocenters. The van der Waals surface area contributed by atoms with E-state index in [9.17, 15) is 13.2 Å². The Morgan fingerprint density at radius 1 is 1.24 bits per heavy atom. The van der Waals surface area contributed by atoms with Gasteiger partial charge in [-0.15, -0.1) is 0 Å². The Balaban J connectivity index is 2.28. The minimum atomic E-state index is -3.13. The second-order valence-corrected chi connectivity index (χ2v) is 8.12. The topological polar surface area (TPSA) is 57.7 Å². The zero-order valence-electron chi connectivity index (χ0n) is 12.7. The number of nitrogens with zero attached hydrogens (tertiary/aromatic N) is 2. The number of anilines is 2. The molecule has 6 heteroatoms. The summed E-state index contributed by atoms with van der Waals surface area (Å²) in [6.45, 7) is 3.58. The minimum absolute atomic E-state index is 0.0314. The van der Waals surface area contributed by atoms with Crippen LogP contribution in [0.5, 0.6) is 0 Å². The average Bonchev–Trinajstić information content (AvgIpc) is 2.53. The van der Waals surface area contributed by atoms with Crippen molar-refractivity contribution in [3.05, 3.63) is 24.3 Å². The molecule has 1 heterocycles. The van der Waals surface area contributed by atoms with Crippen molar-refractivity contribution >= 4 is 27.1 Å². The molecule has 1 aromatic rings. The molecule has 1 unspecified atom stereocenters. The van der Waals surface area contributed by atoms with Gasteiger partial charge in [-0.1, -0.05) is 19.1 Å². The lowest BCUT2D eigenvalue weighted by Gasteiger charge is -2.24. The number of fused-ring (bicyclic) bond motifs is 1. The highest BCUT2D eigenvalue weighted by Gasteiger charge is 2.26. The van der Waals surface area contributed by atoms with Crippen LogP contribution in [0.15, 0.2) is 24.3 Å². The van der Waals surface area contributed by atoms with E-state index in [0.29, 0.717) is 12.5 Å². The fourth-order valence-electron chi connectivity index (χ4n) is 2.69. The average molecular weight is 310 g/mol. The Kier molecular flexibility index (Phi) is 4.56. The zero-order chi connectivity index (χ0) is 15.6. The Labute approximate surface area is 126 Å². The van der Waals surface area contributed by atoms with Gasteiger partial charge in [0, 0.05) is 32.8 Å². The third-order valence-corrected chi connectivity index (χ3v) is 4.60. The van der Waals surface area contributed by atoms with Crippen molar-refractivity contribution in [2.45, 2.75) is 13.3 Å². The molecule has 5 nitrogen and oxygen atoms in total. The van der Waals surface area contributed by atoms with Gasteiger partial charge in [0.15, 0.2) is 0 Å². The quantitative estimate of drug-likeness (QED) is 0.850. The molecular formula is C15H22N2O3S. The van der Waals surface area contributed by atoms with E-state index in [1.165, 1.54) is 0 Å². The van der Waals surface area contributed by atoms with Gasteiger partial charge in [0.1, 0.15) is 9.84 Å². The number of hydrogen-bond acceptors (Lipinski definition) is 4. The first-order chi connectivity index (χ1) is 9.78. The van der Waals surface area contributed by atoms with Gasteiger partial charge in [0.2, 0.25) is 5.91 Å². The van der Waals surface area contributed by atoms with Crippen molar-refractivity contribution in [2.24, 2.45) is 5.92 Å². The van der Waals surface area contributed by atoms with Crippen molar-refractivity contribution < 1.29 is 13.2 Å². The molecule has 1 aromatic carbocycles. The normalized spacial score (nSPS) is 19.1. The predicted molar refractivity (Wildman–Crippen MR) is 85.6 cm³/mol. The number of hydrogen-bond donors (Lipinski definition) is 0. The van der Waals surface area contributed by atoms with E-state index in [4.69, 9.17) is 0 Å². The maximum absolute atomic E-state index is 12.5. The van der Waals surface area contributed by atoms with Gasteiger partial charge in [-0.25, -0.2) is 8.42 Å². The molecule has 0 spiro atoms. The number of carbonyl (C=O) groups excluding carboxylic acids is 1. The first-order valence-electron chi connectivity index (χ1n) is 7.06. The molecule has 0 N–H and O–H groups in total. The first kappa shape index (κ1) is 15.8. The van der Waals surface area contributed by atoms with Gasteiger partial charge < -0.3 is 9.80 Å². The summed E-state index contributed by atoms with van der Waals surface area (Å²) in [4.78, 5) is 16.3. The Morgan fingerprint density at radius 2 is 1.86 bits per heavy atom. The molecule has 116 valence electrons. The van der Waals surface area contributed by atoms with Gasteiger partial charge in [-0.05, 0) is 18.1 Å². The Bertz CT molecular complexity index is 628. The van der Waals surface area contributed by atoms with Crippen LogP contribution in [0.4, 0.5) is 11.4 Å². The molecule has 0 aliphatic carbocycles. The van der Waals surface area contributed by atoms with Crippen LogP contribution in [0, 0.1) is 5.92 Å². The SMILES string of the molecule is CC1CN(C)c2ccccc2N(C(=O)CCS(C)(=O)=O)C1. The molecule has 21 heavy (non-hydrogen) atoms. The fraction of sp³-hybridized carbons (Fsp3) is 0.533. The Morgan fingerprint density at radius 3 is 2.48 bits per heavy atom. The van der Waals surface area contributed by atoms with E-state index < -0.39 is 9.84 Å². The highest BCUT2D eigenvalue weighted by atomic mass is 32.2. The summed E-state index contributed by atoms with van der Waals surface area (Å²) in [6.07, 6.45) is 1.19. The van der Waals surface area contributed by atoms with Gasteiger partial charge in [0.25, 0.3) is 0 Å². The van der Waals surface area contributed by atoms with E-state index in [1.54, 1.807) is 4.90 Å². The van der Waals surface area contributed by atoms with Crippen molar-refractivity contribution in [3.8, 4) is 0 Å². The van der Waals surface area contributed by atoms with Crippen LogP contribution in [0.2, 0.25) is 0 Å². The summed E-state index contributed by atoms with van der Waals surface area (Å²) in [6, 6.07) is 7.76. The van der Waals surface area contributed by atoms with Crippen LogP contribution in [-0.4, -0.2) is 46.5 Å². The lowest BCUT2D eigenvalue weighted by atomic mass is 10.1. The molecule has 2 rings (SSSR count). The summed E-state index contributed by atoms with van der Waals surface area (Å²) in [5.41, 5.74) is 1.87. The number of rotatable bonds is 3. The molecule has 0 saturated carbocycles. The van der Waals surface area contributed by atoms with Crippen molar-refractivity contribution in [3.63, 3.8) is 0 Å². The van der Waals surface area contributed by atoms with Crippen LogP contribution >= 0.6 is 0 Å². The van der Waals surface area contributed by atoms with E-state index in [2.05, 4.69) is 11.8 Å². The van der Waals surface area contributed by atoms with Gasteiger partial charge in [-0.2, -0.15) is 0 Å². The van der Waals surface area contributed by atoms with Crippen molar-refractivity contribution in [2.75, 3.05) is 41.9 Å². The smallest absolute Gasteiger partial charge is 0.228 e. The summed E-state index contributed by atoms with van der Waals surface area (Å²) in [5.74, 6) is 0.0916. The van der Waals surface area contributed by atoms with Crippen LogP contribution in [-0.2, 0) is 14.6 Å². The lowest BCUT2D eigenvalue weighted by molar-refractivity contribution is -0.118. The maximum Gasteiger partial charge on any atom is 0.228 e. The number of para-hydroxylation sites is 2. The monoisotopic (exact) mass is 310 g/mol. The lowest BCUT2D eigenvalue weighted by Crippen LogP contribution is -2.35. The maximum atomic E-state index is 12.5. The van der Waals surface area contributed by atoms with E-state index in [-0.39, 0.29) is 18.1 Å².